The Kier molecular flexibility index (Phi) is 3.48. The van der Waals surface area contributed by atoms with E-state index in [2.05, 4.69) is 4.74 Å². The summed E-state index contributed by atoms with van der Waals surface area (Å²) in [5.74, 6) is -1.05. The van der Waals surface area contributed by atoms with Gasteiger partial charge >= 0.3 is 6.18 Å². The first-order valence-electron chi connectivity index (χ1n) is 4.23. The Morgan fingerprint density at radius 1 is 1.38 bits per heavy atom. The molecule has 0 heterocycles. The van der Waals surface area contributed by atoms with Crippen molar-refractivity contribution in [3.63, 3.8) is 0 Å². The molecule has 0 radical (unpaired) electrons. The van der Waals surface area contributed by atoms with Crippen molar-refractivity contribution in [2.45, 2.75) is 13.1 Å². The molecule has 0 unspecified atom stereocenters. The Morgan fingerprint density at radius 3 is 2.31 bits per heavy atom. The Labute approximate surface area is 95.0 Å². The quantitative estimate of drug-likeness (QED) is 0.752. The second kappa shape index (κ2) is 4.33. The molecule has 0 aliphatic heterocycles. The van der Waals surface area contributed by atoms with Gasteiger partial charge in [0.15, 0.2) is 5.78 Å². The van der Waals surface area contributed by atoms with E-state index in [1.165, 1.54) is 6.07 Å². The molecule has 0 aliphatic carbocycles. The number of hydrogen-bond acceptors (Lipinski definition) is 2. The molecule has 0 saturated heterocycles. The fourth-order valence-electron chi connectivity index (χ4n) is 1.31. The lowest BCUT2D eigenvalue weighted by Gasteiger charge is -2.15. The lowest BCUT2D eigenvalue weighted by Crippen LogP contribution is -2.11. The zero-order chi connectivity index (χ0) is 12.5. The molecule has 0 N–H and O–H groups in total. The summed E-state index contributed by atoms with van der Waals surface area (Å²) in [6.45, 7) is 1.16. The van der Waals surface area contributed by atoms with Crippen molar-refractivity contribution >= 4 is 17.4 Å². The number of rotatable bonds is 2. The summed E-state index contributed by atoms with van der Waals surface area (Å²) in [4.78, 5) is 11.1. The van der Waals surface area contributed by atoms with Crippen LogP contribution in [0, 0.1) is 0 Å². The number of carbonyl (C=O) groups is 1. The molecule has 6 heteroatoms. The highest BCUT2D eigenvalue weighted by Gasteiger charge is 2.38. The van der Waals surface area contributed by atoms with Gasteiger partial charge in [0.05, 0.1) is 17.7 Å². The maximum atomic E-state index is 12.7. The molecule has 0 aliphatic rings. The summed E-state index contributed by atoms with van der Waals surface area (Å²) < 4.78 is 42.6. The van der Waals surface area contributed by atoms with E-state index in [1.807, 2.05) is 0 Å². The second-order valence-electron chi connectivity index (χ2n) is 3.06. The van der Waals surface area contributed by atoms with Gasteiger partial charge in [0.25, 0.3) is 0 Å². The van der Waals surface area contributed by atoms with Crippen LogP contribution in [0.1, 0.15) is 22.8 Å². The summed E-state index contributed by atoms with van der Waals surface area (Å²) in [6, 6.07) is 2.24. The first kappa shape index (κ1) is 12.8. The van der Waals surface area contributed by atoms with Crippen LogP contribution in [0.5, 0.6) is 5.75 Å². The molecule has 88 valence electrons. The van der Waals surface area contributed by atoms with Crippen LogP contribution in [0.4, 0.5) is 13.2 Å². The minimum Gasteiger partial charge on any atom is -0.495 e. The summed E-state index contributed by atoms with van der Waals surface area (Å²) in [6.07, 6.45) is -4.66. The van der Waals surface area contributed by atoms with Crippen LogP contribution in [-0.4, -0.2) is 12.9 Å². The summed E-state index contributed by atoms with van der Waals surface area (Å²) in [5, 5.41) is -0.491. The van der Waals surface area contributed by atoms with Gasteiger partial charge in [-0.15, -0.1) is 0 Å². The lowest BCUT2D eigenvalue weighted by molar-refractivity contribution is -0.138. The summed E-state index contributed by atoms with van der Waals surface area (Å²) in [7, 11) is 1.06. The zero-order valence-electron chi connectivity index (χ0n) is 8.48. The maximum absolute atomic E-state index is 12.7. The van der Waals surface area contributed by atoms with Crippen LogP contribution in [0.15, 0.2) is 12.1 Å². The molecule has 16 heavy (non-hydrogen) atoms. The van der Waals surface area contributed by atoms with Crippen LogP contribution in [0.2, 0.25) is 5.02 Å². The predicted octanol–water partition coefficient (Wildman–Crippen LogP) is 3.57. The number of hydrogen-bond donors (Lipinski definition) is 0. The minimum absolute atomic E-state index is 0.140. The van der Waals surface area contributed by atoms with Crippen LogP contribution in [0.25, 0.3) is 0 Å². The van der Waals surface area contributed by atoms with Crippen molar-refractivity contribution in [1.29, 1.82) is 0 Å². The highest BCUT2D eigenvalue weighted by atomic mass is 35.5. The smallest absolute Gasteiger partial charge is 0.421 e. The molecule has 0 amide bonds. The van der Waals surface area contributed by atoms with E-state index in [1.54, 1.807) is 0 Å². The molecule has 1 aromatic rings. The van der Waals surface area contributed by atoms with E-state index in [4.69, 9.17) is 11.6 Å². The highest BCUT2D eigenvalue weighted by Crippen LogP contribution is 2.42. The monoisotopic (exact) mass is 252 g/mol. The molecule has 0 spiro atoms. The largest absolute Gasteiger partial charge is 0.495 e. The summed E-state index contributed by atoms with van der Waals surface area (Å²) in [5.41, 5.74) is -1.26. The third-order valence-electron chi connectivity index (χ3n) is 1.97. The molecule has 0 fully saturated rings. The van der Waals surface area contributed by atoms with Gasteiger partial charge in [-0.25, -0.2) is 0 Å². The maximum Gasteiger partial charge on any atom is 0.421 e. The van der Waals surface area contributed by atoms with E-state index in [-0.39, 0.29) is 5.56 Å². The van der Waals surface area contributed by atoms with E-state index in [0.717, 1.165) is 20.1 Å². The topological polar surface area (TPSA) is 26.3 Å². The average molecular weight is 253 g/mol. The number of halogens is 4. The molecule has 1 rings (SSSR count). The molecule has 0 bridgehead atoms. The number of methoxy groups -OCH3 is 1. The van der Waals surface area contributed by atoms with Gasteiger partial charge in [0.2, 0.25) is 0 Å². The van der Waals surface area contributed by atoms with Gasteiger partial charge in [-0.3, -0.25) is 4.79 Å². The molecule has 1 aromatic carbocycles. The Balaban J connectivity index is 3.57. The number of benzene rings is 1. The van der Waals surface area contributed by atoms with Crippen molar-refractivity contribution in [1.82, 2.24) is 0 Å². The van der Waals surface area contributed by atoms with Crippen molar-refractivity contribution in [2.75, 3.05) is 7.11 Å². The average Bonchev–Trinajstić information content (AvgIpc) is 2.14. The van der Waals surface area contributed by atoms with Crippen LogP contribution in [0.3, 0.4) is 0 Å². The number of alkyl halides is 3. The van der Waals surface area contributed by atoms with Crippen molar-refractivity contribution in [3.05, 3.63) is 28.3 Å². The molecular formula is C10H8ClF3O2. The van der Waals surface area contributed by atoms with Crippen molar-refractivity contribution in [3.8, 4) is 5.75 Å². The first-order chi connectivity index (χ1) is 7.29. The normalized spacial score (nSPS) is 11.4. The Morgan fingerprint density at radius 2 is 1.94 bits per heavy atom. The van der Waals surface area contributed by atoms with E-state index < -0.39 is 28.3 Å². The van der Waals surface area contributed by atoms with Gasteiger partial charge in [0, 0.05) is 0 Å². The van der Waals surface area contributed by atoms with Crippen LogP contribution in [-0.2, 0) is 6.18 Å². The third kappa shape index (κ3) is 2.29. The van der Waals surface area contributed by atoms with Crippen molar-refractivity contribution in [2.24, 2.45) is 0 Å². The first-order valence-corrected chi connectivity index (χ1v) is 4.61. The Bertz CT molecular complexity index is 427. The lowest BCUT2D eigenvalue weighted by atomic mass is 10.1. The van der Waals surface area contributed by atoms with Gasteiger partial charge in [-0.2, -0.15) is 13.2 Å². The zero-order valence-corrected chi connectivity index (χ0v) is 9.24. The fourth-order valence-corrected chi connectivity index (χ4v) is 1.57. The van der Waals surface area contributed by atoms with Crippen molar-refractivity contribution < 1.29 is 22.7 Å². The molecule has 2 nitrogen and oxygen atoms in total. The van der Waals surface area contributed by atoms with Crippen LogP contribution >= 0.6 is 11.6 Å². The SMILES string of the molecule is COc1c(C(C)=O)ccc(Cl)c1C(F)(F)F. The number of Topliss-reactive ketones (excluding diaryl/α,β-unsaturated/α-hetero) is 1. The highest BCUT2D eigenvalue weighted by molar-refractivity contribution is 6.31. The second-order valence-corrected chi connectivity index (χ2v) is 3.46. The molecule has 0 atom stereocenters. The van der Waals surface area contributed by atoms with E-state index in [0.29, 0.717) is 0 Å². The van der Waals surface area contributed by atoms with Crippen LogP contribution < -0.4 is 4.74 Å². The third-order valence-corrected chi connectivity index (χ3v) is 2.29. The van der Waals surface area contributed by atoms with Gasteiger partial charge in [-0.05, 0) is 19.1 Å². The molecule has 0 saturated carbocycles. The van der Waals surface area contributed by atoms with Gasteiger partial charge < -0.3 is 4.74 Å². The van der Waals surface area contributed by atoms with E-state index >= 15 is 0 Å². The number of carbonyl (C=O) groups excluding carboxylic acids is 1. The molecular weight excluding hydrogens is 245 g/mol. The standard InChI is InChI=1S/C10H8ClF3O2/c1-5(15)6-3-4-7(11)8(9(6)16-2)10(12,13)14/h3-4H,1-2H3. The van der Waals surface area contributed by atoms with Gasteiger partial charge in [0.1, 0.15) is 11.3 Å². The Hall–Kier alpha value is -1.23. The van der Waals surface area contributed by atoms with E-state index in [9.17, 15) is 18.0 Å². The number of ether oxygens (including phenoxy) is 1. The summed E-state index contributed by atoms with van der Waals surface area (Å²) >= 11 is 5.46. The number of ketones is 1. The van der Waals surface area contributed by atoms with Gasteiger partial charge in [-0.1, -0.05) is 11.6 Å². The predicted molar refractivity (Wildman–Crippen MR) is 53.0 cm³/mol. The minimum atomic E-state index is -4.66. The fraction of sp³-hybridized carbons (Fsp3) is 0.300. The molecule has 0 aromatic heterocycles.